The number of fused-ring (bicyclic) bond motifs is 1. The summed E-state index contributed by atoms with van der Waals surface area (Å²) in [7, 11) is 0. The van der Waals surface area contributed by atoms with Gasteiger partial charge in [0.05, 0.1) is 11.6 Å². The molecule has 0 radical (unpaired) electrons. The van der Waals surface area contributed by atoms with Crippen molar-refractivity contribution < 1.29 is 14.3 Å². The van der Waals surface area contributed by atoms with Crippen molar-refractivity contribution in [3.05, 3.63) is 22.2 Å². The number of hydrogen-bond donors (Lipinski definition) is 0. The molecule has 0 unspecified atom stereocenters. The van der Waals surface area contributed by atoms with Crippen molar-refractivity contribution in [2.45, 2.75) is 13.5 Å². The maximum Gasteiger partial charge on any atom is 0.235 e. The fraction of sp³-hybridized carbons (Fsp3) is 0.364. The van der Waals surface area contributed by atoms with Crippen LogP contribution >= 0.6 is 11.6 Å². The van der Waals surface area contributed by atoms with E-state index >= 15 is 0 Å². The fourth-order valence-electron chi connectivity index (χ4n) is 1.57. The first-order valence-corrected chi connectivity index (χ1v) is 5.23. The number of rotatable bonds is 2. The monoisotopic (exact) mass is 239 g/mol. The summed E-state index contributed by atoms with van der Waals surface area (Å²) in [5, 5.41) is 0.522. The lowest BCUT2D eigenvalue weighted by atomic mass is 10.1. The standard InChI is InChI=1S/C11H10ClNO3/c1-7-8(5-13-6-14)4-9-11(10(7)12)16-3-2-15-9/h4H,2-3,5H2,1H3. The van der Waals surface area contributed by atoms with E-state index in [1.165, 1.54) is 6.08 Å². The van der Waals surface area contributed by atoms with Gasteiger partial charge in [-0.3, -0.25) is 0 Å². The van der Waals surface area contributed by atoms with Gasteiger partial charge in [-0.2, -0.15) is 0 Å². The van der Waals surface area contributed by atoms with Crippen molar-refractivity contribution >= 4 is 17.7 Å². The topological polar surface area (TPSA) is 47.9 Å². The van der Waals surface area contributed by atoms with Crippen LogP contribution in [-0.4, -0.2) is 19.3 Å². The highest BCUT2D eigenvalue weighted by Gasteiger charge is 2.19. The lowest BCUT2D eigenvalue weighted by molar-refractivity contribution is 0.171. The molecule has 16 heavy (non-hydrogen) atoms. The van der Waals surface area contributed by atoms with Crippen molar-refractivity contribution in [2.75, 3.05) is 13.2 Å². The molecule has 0 amide bonds. The number of benzene rings is 1. The van der Waals surface area contributed by atoms with E-state index in [9.17, 15) is 4.79 Å². The smallest absolute Gasteiger partial charge is 0.235 e. The van der Waals surface area contributed by atoms with Gasteiger partial charge in [-0.15, -0.1) is 0 Å². The van der Waals surface area contributed by atoms with Gasteiger partial charge in [-0.05, 0) is 24.1 Å². The normalized spacial score (nSPS) is 13.1. The average molecular weight is 240 g/mol. The minimum Gasteiger partial charge on any atom is -0.486 e. The third-order valence-electron chi connectivity index (χ3n) is 2.44. The van der Waals surface area contributed by atoms with Crippen LogP contribution in [0, 0.1) is 6.92 Å². The summed E-state index contributed by atoms with van der Waals surface area (Å²) in [6.45, 7) is 3.11. The number of halogens is 1. The number of hydrogen-bond acceptors (Lipinski definition) is 4. The van der Waals surface area contributed by atoms with Gasteiger partial charge < -0.3 is 9.47 Å². The van der Waals surface area contributed by atoms with Gasteiger partial charge in [0.25, 0.3) is 0 Å². The molecule has 0 saturated heterocycles. The van der Waals surface area contributed by atoms with Crippen LogP contribution in [0.5, 0.6) is 11.5 Å². The Kier molecular flexibility index (Phi) is 3.13. The van der Waals surface area contributed by atoms with Crippen LogP contribution in [0.15, 0.2) is 11.1 Å². The summed E-state index contributed by atoms with van der Waals surface area (Å²) in [5.41, 5.74) is 1.70. The molecule has 0 aromatic heterocycles. The second kappa shape index (κ2) is 4.56. The number of isocyanates is 1. The zero-order valence-electron chi connectivity index (χ0n) is 8.75. The van der Waals surface area contributed by atoms with Crippen LogP contribution in [0.2, 0.25) is 5.02 Å². The molecule has 84 valence electrons. The summed E-state index contributed by atoms with van der Waals surface area (Å²) in [4.78, 5) is 13.6. The third-order valence-corrected chi connectivity index (χ3v) is 2.90. The number of nitrogens with zero attached hydrogens (tertiary/aromatic N) is 1. The molecule has 1 aliphatic rings. The molecule has 0 bridgehead atoms. The van der Waals surface area contributed by atoms with E-state index in [1.807, 2.05) is 6.92 Å². The predicted molar refractivity (Wildman–Crippen MR) is 59.0 cm³/mol. The summed E-state index contributed by atoms with van der Waals surface area (Å²) >= 11 is 6.15. The molecule has 1 aromatic carbocycles. The van der Waals surface area contributed by atoms with Crippen LogP contribution in [-0.2, 0) is 11.3 Å². The lowest BCUT2D eigenvalue weighted by Crippen LogP contribution is -2.16. The van der Waals surface area contributed by atoms with Gasteiger partial charge in [0.2, 0.25) is 6.08 Å². The molecule has 1 aromatic rings. The second-order valence-corrected chi connectivity index (χ2v) is 3.78. The summed E-state index contributed by atoms with van der Waals surface area (Å²) in [6, 6.07) is 1.80. The van der Waals surface area contributed by atoms with Crippen LogP contribution in [0.25, 0.3) is 0 Å². The zero-order chi connectivity index (χ0) is 11.5. The number of aliphatic imine (C=N–C) groups is 1. The molecule has 0 atom stereocenters. The largest absolute Gasteiger partial charge is 0.486 e. The van der Waals surface area contributed by atoms with E-state index in [1.54, 1.807) is 6.07 Å². The van der Waals surface area contributed by atoms with Gasteiger partial charge in [-0.25, -0.2) is 9.79 Å². The van der Waals surface area contributed by atoms with E-state index in [2.05, 4.69) is 4.99 Å². The Bertz CT molecular complexity index is 467. The van der Waals surface area contributed by atoms with Crippen molar-refractivity contribution in [1.82, 2.24) is 0 Å². The highest BCUT2D eigenvalue weighted by atomic mass is 35.5. The van der Waals surface area contributed by atoms with E-state index in [0.717, 1.165) is 11.1 Å². The Morgan fingerprint density at radius 3 is 3.00 bits per heavy atom. The van der Waals surface area contributed by atoms with Gasteiger partial charge in [0.15, 0.2) is 11.5 Å². The lowest BCUT2D eigenvalue weighted by Gasteiger charge is -2.21. The van der Waals surface area contributed by atoms with E-state index in [0.29, 0.717) is 29.7 Å². The second-order valence-electron chi connectivity index (χ2n) is 3.41. The third kappa shape index (κ3) is 1.90. The first-order chi connectivity index (χ1) is 7.74. The number of carbonyl (C=O) groups excluding carboxylic acids is 1. The van der Waals surface area contributed by atoms with Crippen molar-refractivity contribution in [3.63, 3.8) is 0 Å². The van der Waals surface area contributed by atoms with E-state index in [4.69, 9.17) is 21.1 Å². The SMILES string of the molecule is Cc1c(CN=C=O)cc2c(c1Cl)OCCO2. The van der Waals surface area contributed by atoms with Gasteiger partial charge in [0, 0.05) is 0 Å². The molecule has 0 spiro atoms. The Labute approximate surface area is 97.8 Å². The van der Waals surface area contributed by atoms with Crippen molar-refractivity contribution in [1.29, 1.82) is 0 Å². The summed E-state index contributed by atoms with van der Waals surface area (Å²) in [6.07, 6.45) is 1.50. The van der Waals surface area contributed by atoms with Crippen LogP contribution in [0.4, 0.5) is 0 Å². The van der Waals surface area contributed by atoms with Crippen LogP contribution < -0.4 is 9.47 Å². The summed E-state index contributed by atoms with van der Waals surface area (Å²) in [5.74, 6) is 1.18. The average Bonchev–Trinajstić information content (AvgIpc) is 2.32. The maximum atomic E-state index is 10.1. The molecular formula is C11H10ClNO3. The maximum absolute atomic E-state index is 10.1. The molecule has 4 nitrogen and oxygen atoms in total. The summed E-state index contributed by atoms with van der Waals surface area (Å²) < 4.78 is 10.9. The quantitative estimate of drug-likeness (QED) is 0.588. The molecule has 2 rings (SSSR count). The van der Waals surface area contributed by atoms with Gasteiger partial charge >= 0.3 is 0 Å². The van der Waals surface area contributed by atoms with Gasteiger partial charge in [-0.1, -0.05) is 11.6 Å². The van der Waals surface area contributed by atoms with Crippen molar-refractivity contribution in [2.24, 2.45) is 4.99 Å². The first-order valence-electron chi connectivity index (χ1n) is 4.85. The highest BCUT2D eigenvalue weighted by molar-refractivity contribution is 6.33. The van der Waals surface area contributed by atoms with Gasteiger partial charge in [0.1, 0.15) is 13.2 Å². The minimum atomic E-state index is 0.256. The Morgan fingerprint density at radius 1 is 1.50 bits per heavy atom. The molecule has 0 aliphatic carbocycles. The molecule has 0 N–H and O–H groups in total. The first kappa shape index (κ1) is 11.0. The number of ether oxygens (including phenoxy) is 2. The van der Waals surface area contributed by atoms with Crippen LogP contribution in [0.1, 0.15) is 11.1 Å². The molecule has 1 aliphatic heterocycles. The Hall–Kier alpha value is -1.51. The van der Waals surface area contributed by atoms with E-state index < -0.39 is 0 Å². The molecule has 0 saturated carbocycles. The Balaban J connectivity index is 2.47. The predicted octanol–water partition coefficient (Wildman–Crippen LogP) is 2.26. The highest BCUT2D eigenvalue weighted by Crippen LogP contribution is 2.41. The molecule has 5 heteroatoms. The van der Waals surface area contributed by atoms with Crippen LogP contribution in [0.3, 0.4) is 0 Å². The molecular weight excluding hydrogens is 230 g/mol. The minimum absolute atomic E-state index is 0.256. The zero-order valence-corrected chi connectivity index (χ0v) is 9.50. The molecule has 0 fully saturated rings. The van der Waals surface area contributed by atoms with Crippen molar-refractivity contribution in [3.8, 4) is 11.5 Å². The van der Waals surface area contributed by atoms with E-state index in [-0.39, 0.29) is 6.54 Å². The Morgan fingerprint density at radius 2 is 2.25 bits per heavy atom. The fourth-order valence-corrected chi connectivity index (χ4v) is 1.84. The molecule has 1 heterocycles.